The molecule has 0 spiro atoms. The third kappa shape index (κ3) is 8.43. The van der Waals surface area contributed by atoms with Gasteiger partial charge in [-0.2, -0.15) is 0 Å². The molecule has 1 aliphatic rings. The van der Waals surface area contributed by atoms with E-state index in [0.29, 0.717) is 37.9 Å². The van der Waals surface area contributed by atoms with Crippen LogP contribution in [0.3, 0.4) is 0 Å². The van der Waals surface area contributed by atoms with Crippen LogP contribution in [0.4, 0.5) is 0 Å². The van der Waals surface area contributed by atoms with Crippen molar-refractivity contribution < 1.29 is 23.7 Å². The number of carbonyl (C=O) groups is 1. The first-order valence-corrected chi connectivity index (χ1v) is 8.77. The molecule has 0 bridgehead atoms. The van der Waals surface area contributed by atoms with Crippen molar-refractivity contribution in [2.24, 2.45) is 5.92 Å². The Kier molecular flexibility index (Phi) is 11.1. The molecule has 0 saturated carbocycles. The van der Waals surface area contributed by atoms with Gasteiger partial charge in [0.1, 0.15) is 18.6 Å². The maximum absolute atomic E-state index is 10.5. The zero-order valence-electron chi connectivity index (χ0n) is 15.0. The predicted octanol–water partition coefficient (Wildman–Crippen LogP) is 3.71. The molecule has 1 aliphatic heterocycles. The Bertz CT molecular complexity index is 432. The predicted molar refractivity (Wildman–Crippen MR) is 93.6 cm³/mol. The second-order valence-corrected chi connectivity index (χ2v) is 5.45. The summed E-state index contributed by atoms with van der Waals surface area (Å²) >= 11 is 0. The molecule has 5 heteroatoms. The van der Waals surface area contributed by atoms with Gasteiger partial charge in [0.25, 0.3) is 0 Å². The van der Waals surface area contributed by atoms with Gasteiger partial charge in [-0.1, -0.05) is 20.8 Å². The van der Waals surface area contributed by atoms with Crippen molar-refractivity contribution in [3.05, 3.63) is 29.8 Å². The fourth-order valence-corrected chi connectivity index (χ4v) is 2.23. The summed E-state index contributed by atoms with van der Waals surface area (Å²) in [6.07, 6.45) is 2.80. The zero-order chi connectivity index (χ0) is 17.6. The third-order valence-corrected chi connectivity index (χ3v) is 3.55. The van der Waals surface area contributed by atoms with Crippen molar-refractivity contribution in [3.63, 3.8) is 0 Å². The van der Waals surface area contributed by atoms with E-state index in [4.69, 9.17) is 18.9 Å². The topological polar surface area (TPSA) is 54.0 Å². The van der Waals surface area contributed by atoms with Gasteiger partial charge in [0, 0.05) is 18.6 Å². The zero-order valence-corrected chi connectivity index (χ0v) is 15.0. The molecule has 24 heavy (non-hydrogen) atoms. The maximum atomic E-state index is 10.5. The summed E-state index contributed by atoms with van der Waals surface area (Å²) in [4.78, 5) is 10.5. The highest BCUT2D eigenvalue weighted by Crippen LogP contribution is 2.19. The van der Waals surface area contributed by atoms with Gasteiger partial charge in [-0.05, 0) is 36.6 Å². The standard InChI is InChI=1S/C17H24O5.C2H6/c1-14-6-7-21-17(12-14)22-11-9-19-8-10-20-16-4-2-15(13-18)3-5-16;1-2/h2-5,13-14,17H,6-12H2,1H3;1-2H3. The molecule has 5 nitrogen and oxygen atoms in total. The van der Waals surface area contributed by atoms with Crippen molar-refractivity contribution in [2.45, 2.75) is 39.9 Å². The number of rotatable bonds is 9. The SMILES string of the molecule is CC.CC1CCOC(OCCOCCOc2ccc(C=O)cc2)C1. The molecule has 1 aromatic rings. The molecule has 0 N–H and O–H groups in total. The molecular weight excluding hydrogens is 308 g/mol. The van der Waals surface area contributed by atoms with Crippen LogP contribution in [0.15, 0.2) is 24.3 Å². The lowest BCUT2D eigenvalue weighted by Crippen LogP contribution is -2.28. The van der Waals surface area contributed by atoms with Crippen LogP contribution in [0.5, 0.6) is 5.75 Å². The fourth-order valence-electron chi connectivity index (χ4n) is 2.23. The van der Waals surface area contributed by atoms with Crippen molar-refractivity contribution in [3.8, 4) is 5.75 Å². The second kappa shape index (κ2) is 12.9. The summed E-state index contributed by atoms with van der Waals surface area (Å²) in [5.74, 6) is 1.40. The van der Waals surface area contributed by atoms with Gasteiger partial charge in [-0.25, -0.2) is 0 Å². The number of ether oxygens (including phenoxy) is 4. The largest absolute Gasteiger partial charge is 0.491 e. The molecule has 1 fully saturated rings. The quantitative estimate of drug-likeness (QED) is 0.507. The van der Waals surface area contributed by atoms with E-state index in [0.717, 1.165) is 31.5 Å². The van der Waals surface area contributed by atoms with E-state index in [2.05, 4.69) is 6.92 Å². The summed E-state index contributed by atoms with van der Waals surface area (Å²) < 4.78 is 22.1. The highest BCUT2D eigenvalue weighted by molar-refractivity contribution is 5.74. The molecule has 0 aromatic heterocycles. The van der Waals surface area contributed by atoms with Crippen molar-refractivity contribution >= 4 is 6.29 Å². The van der Waals surface area contributed by atoms with Crippen molar-refractivity contribution in [2.75, 3.05) is 33.0 Å². The lowest BCUT2D eigenvalue weighted by molar-refractivity contribution is -0.178. The maximum Gasteiger partial charge on any atom is 0.157 e. The Balaban J connectivity index is 0.00000139. The Labute approximate surface area is 145 Å². The minimum Gasteiger partial charge on any atom is -0.491 e. The van der Waals surface area contributed by atoms with Crippen LogP contribution in [0.2, 0.25) is 0 Å². The number of carbonyl (C=O) groups excluding carboxylic acids is 1. The lowest BCUT2D eigenvalue weighted by atomic mass is 10.0. The van der Waals surface area contributed by atoms with Gasteiger partial charge >= 0.3 is 0 Å². The van der Waals surface area contributed by atoms with Crippen LogP contribution in [0.1, 0.15) is 44.0 Å². The molecule has 0 aliphatic carbocycles. The summed E-state index contributed by atoms with van der Waals surface area (Å²) in [5.41, 5.74) is 0.639. The van der Waals surface area contributed by atoms with Crippen LogP contribution < -0.4 is 4.74 Å². The van der Waals surface area contributed by atoms with E-state index in [1.807, 2.05) is 13.8 Å². The Morgan fingerprint density at radius 2 is 1.83 bits per heavy atom. The average Bonchev–Trinajstić information content (AvgIpc) is 2.63. The Hall–Kier alpha value is -1.43. The monoisotopic (exact) mass is 338 g/mol. The normalized spacial score (nSPS) is 20.0. The summed E-state index contributed by atoms with van der Waals surface area (Å²) in [7, 11) is 0. The first-order valence-electron chi connectivity index (χ1n) is 8.77. The minimum atomic E-state index is -0.0834. The molecule has 1 heterocycles. The number of hydrogen-bond acceptors (Lipinski definition) is 5. The first-order chi connectivity index (χ1) is 11.8. The number of aldehydes is 1. The summed E-state index contributed by atoms with van der Waals surface area (Å²) in [6, 6.07) is 6.99. The number of benzene rings is 1. The molecule has 2 atom stereocenters. The van der Waals surface area contributed by atoms with Gasteiger partial charge < -0.3 is 18.9 Å². The van der Waals surface area contributed by atoms with E-state index >= 15 is 0 Å². The van der Waals surface area contributed by atoms with Crippen LogP contribution in [0, 0.1) is 5.92 Å². The van der Waals surface area contributed by atoms with Gasteiger partial charge in [0.2, 0.25) is 0 Å². The van der Waals surface area contributed by atoms with E-state index in [1.165, 1.54) is 0 Å². The van der Waals surface area contributed by atoms with E-state index in [-0.39, 0.29) is 6.29 Å². The van der Waals surface area contributed by atoms with Crippen LogP contribution in [0.25, 0.3) is 0 Å². The first kappa shape index (κ1) is 20.6. The van der Waals surface area contributed by atoms with E-state index in [1.54, 1.807) is 24.3 Å². The van der Waals surface area contributed by atoms with Gasteiger partial charge in [0.05, 0.1) is 19.8 Å². The van der Waals surface area contributed by atoms with Gasteiger partial charge in [-0.15, -0.1) is 0 Å². The molecule has 136 valence electrons. The summed E-state index contributed by atoms with van der Waals surface area (Å²) in [5, 5.41) is 0. The van der Waals surface area contributed by atoms with Crippen molar-refractivity contribution in [1.29, 1.82) is 0 Å². The molecule has 2 rings (SSSR count). The highest BCUT2D eigenvalue weighted by Gasteiger charge is 2.19. The highest BCUT2D eigenvalue weighted by atomic mass is 16.7. The van der Waals surface area contributed by atoms with Gasteiger partial charge in [-0.3, -0.25) is 4.79 Å². The average molecular weight is 338 g/mol. The minimum absolute atomic E-state index is 0.0834. The third-order valence-electron chi connectivity index (χ3n) is 3.55. The van der Waals surface area contributed by atoms with Crippen molar-refractivity contribution in [1.82, 2.24) is 0 Å². The molecule has 0 amide bonds. The van der Waals surface area contributed by atoms with Crippen LogP contribution in [-0.4, -0.2) is 45.6 Å². The molecular formula is C19H30O5. The molecule has 1 aromatic carbocycles. The lowest BCUT2D eigenvalue weighted by Gasteiger charge is -2.27. The molecule has 0 radical (unpaired) electrons. The second-order valence-electron chi connectivity index (χ2n) is 5.45. The number of hydrogen-bond donors (Lipinski definition) is 0. The van der Waals surface area contributed by atoms with Crippen LogP contribution >= 0.6 is 0 Å². The van der Waals surface area contributed by atoms with E-state index < -0.39 is 0 Å². The fraction of sp³-hybridized carbons (Fsp3) is 0.632. The molecule has 1 saturated heterocycles. The van der Waals surface area contributed by atoms with Gasteiger partial charge in [0.15, 0.2) is 6.29 Å². The summed E-state index contributed by atoms with van der Waals surface area (Å²) in [6.45, 7) is 9.03. The van der Waals surface area contributed by atoms with Crippen LogP contribution in [-0.2, 0) is 14.2 Å². The Morgan fingerprint density at radius 3 is 2.50 bits per heavy atom. The van der Waals surface area contributed by atoms with E-state index in [9.17, 15) is 4.79 Å². The smallest absolute Gasteiger partial charge is 0.157 e. The Morgan fingerprint density at radius 1 is 1.12 bits per heavy atom. The molecule has 2 unspecified atom stereocenters.